The van der Waals surface area contributed by atoms with Gasteiger partial charge in [-0.3, -0.25) is 4.98 Å². The quantitative estimate of drug-likeness (QED) is 0.811. The van der Waals surface area contributed by atoms with E-state index < -0.39 is 0 Å². The number of nitrogens with zero attached hydrogens (tertiary/aromatic N) is 2. The molecule has 2 unspecified atom stereocenters. The fraction of sp³-hybridized carbons (Fsp3) is 0.400. The van der Waals surface area contributed by atoms with Crippen LogP contribution < -0.4 is 10.6 Å². The van der Waals surface area contributed by atoms with Gasteiger partial charge in [0.2, 0.25) is 0 Å². The van der Waals surface area contributed by atoms with Crippen LogP contribution in [0.15, 0.2) is 30.6 Å². The largest absolute Gasteiger partial charge is 0.398 e. The normalized spacial score (nSPS) is 23.8. The van der Waals surface area contributed by atoms with Gasteiger partial charge in [-0.1, -0.05) is 13.8 Å². The number of hydrogen-bond donors (Lipinski definition) is 1. The number of anilines is 2. The van der Waals surface area contributed by atoms with Crippen molar-refractivity contribution in [3.63, 3.8) is 0 Å². The monoisotopic (exact) mass is 273 g/mol. The lowest BCUT2D eigenvalue weighted by atomic mass is 10.1. The highest BCUT2D eigenvalue weighted by atomic mass is 32.2. The van der Waals surface area contributed by atoms with E-state index in [0.29, 0.717) is 10.5 Å². The van der Waals surface area contributed by atoms with E-state index in [1.54, 1.807) is 6.20 Å². The summed E-state index contributed by atoms with van der Waals surface area (Å²) in [5.41, 5.74) is 8.15. The zero-order chi connectivity index (χ0) is 13.4. The zero-order valence-electron chi connectivity index (χ0n) is 11.3. The third kappa shape index (κ3) is 2.37. The summed E-state index contributed by atoms with van der Waals surface area (Å²) in [5, 5.41) is 3.58. The summed E-state index contributed by atoms with van der Waals surface area (Å²) in [6, 6.07) is 6.14. The number of hydrogen-bond acceptors (Lipinski definition) is 4. The van der Waals surface area contributed by atoms with Crippen molar-refractivity contribution in [2.24, 2.45) is 0 Å². The van der Waals surface area contributed by atoms with Gasteiger partial charge in [0.1, 0.15) is 0 Å². The van der Waals surface area contributed by atoms with Crippen molar-refractivity contribution in [3.8, 4) is 0 Å². The molecule has 0 saturated carbocycles. The van der Waals surface area contributed by atoms with Crippen LogP contribution in [-0.4, -0.2) is 28.6 Å². The third-order valence-electron chi connectivity index (χ3n) is 3.59. The zero-order valence-corrected chi connectivity index (χ0v) is 12.2. The van der Waals surface area contributed by atoms with E-state index in [2.05, 4.69) is 41.6 Å². The second kappa shape index (κ2) is 4.93. The first-order valence-corrected chi connectivity index (χ1v) is 7.62. The number of aromatic nitrogens is 1. The Labute approximate surface area is 118 Å². The molecule has 0 amide bonds. The molecule has 1 aliphatic rings. The lowest BCUT2D eigenvalue weighted by Crippen LogP contribution is -2.40. The molecule has 0 bridgehead atoms. The van der Waals surface area contributed by atoms with Crippen molar-refractivity contribution in [3.05, 3.63) is 30.6 Å². The average molecular weight is 273 g/mol. The van der Waals surface area contributed by atoms with Crippen LogP contribution in [0.2, 0.25) is 0 Å². The lowest BCUT2D eigenvalue weighted by molar-refractivity contribution is 0.730. The molecule has 4 heteroatoms. The van der Waals surface area contributed by atoms with Gasteiger partial charge in [0.25, 0.3) is 0 Å². The number of nitrogen functional groups attached to an aromatic ring is 1. The predicted octanol–water partition coefficient (Wildman–Crippen LogP) is 3.15. The summed E-state index contributed by atoms with van der Waals surface area (Å²) in [6.07, 6.45) is 3.73. The highest BCUT2D eigenvalue weighted by molar-refractivity contribution is 8.00. The first-order valence-electron chi connectivity index (χ1n) is 6.68. The second-order valence-electron chi connectivity index (χ2n) is 5.26. The van der Waals surface area contributed by atoms with Crippen molar-refractivity contribution in [1.29, 1.82) is 0 Å². The van der Waals surface area contributed by atoms with E-state index in [0.717, 1.165) is 29.5 Å². The summed E-state index contributed by atoms with van der Waals surface area (Å²) < 4.78 is 0. The Kier molecular flexibility index (Phi) is 3.27. The van der Waals surface area contributed by atoms with Crippen LogP contribution in [0.5, 0.6) is 0 Å². The molecule has 2 atom stereocenters. The minimum Gasteiger partial charge on any atom is -0.398 e. The van der Waals surface area contributed by atoms with E-state index in [9.17, 15) is 0 Å². The lowest BCUT2D eigenvalue weighted by Gasteiger charge is -2.36. The Hall–Kier alpha value is -1.42. The molecule has 1 aromatic carbocycles. The number of fused-ring (bicyclic) bond motifs is 1. The Balaban J connectivity index is 2.07. The van der Waals surface area contributed by atoms with Crippen LogP contribution >= 0.6 is 11.8 Å². The van der Waals surface area contributed by atoms with Gasteiger partial charge in [0, 0.05) is 58.1 Å². The predicted molar refractivity (Wildman–Crippen MR) is 84.9 cm³/mol. The molecular formula is C15H19N3S. The summed E-state index contributed by atoms with van der Waals surface area (Å²) in [6.45, 7) is 6.77. The van der Waals surface area contributed by atoms with Crippen molar-refractivity contribution < 1.29 is 0 Å². The second-order valence-corrected chi connectivity index (χ2v) is 7.14. The highest BCUT2D eigenvalue weighted by Crippen LogP contribution is 2.34. The smallest absolute Gasteiger partial charge is 0.0463 e. The number of benzene rings is 1. The standard InChI is InChI=1S/C15H19N3S/c1-10-8-18(9-11(2)19-10)15-4-3-14(16)12-5-6-17-7-13(12)15/h3-7,10-11H,8-9,16H2,1-2H3. The molecule has 3 rings (SSSR count). The molecule has 2 heterocycles. The minimum atomic E-state index is 0.660. The highest BCUT2D eigenvalue weighted by Gasteiger charge is 2.23. The molecule has 1 fully saturated rings. The molecule has 3 nitrogen and oxygen atoms in total. The third-order valence-corrected chi connectivity index (χ3v) is 4.82. The number of nitrogens with two attached hydrogens (primary N) is 1. The Morgan fingerprint density at radius 2 is 1.89 bits per heavy atom. The summed E-state index contributed by atoms with van der Waals surface area (Å²) in [7, 11) is 0. The Morgan fingerprint density at radius 1 is 1.16 bits per heavy atom. The van der Waals surface area contributed by atoms with Gasteiger partial charge in [-0.25, -0.2) is 0 Å². The van der Waals surface area contributed by atoms with E-state index in [-0.39, 0.29) is 0 Å². The van der Waals surface area contributed by atoms with Crippen molar-refractivity contribution in [1.82, 2.24) is 4.98 Å². The van der Waals surface area contributed by atoms with Crippen LogP contribution in [0.1, 0.15) is 13.8 Å². The van der Waals surface area contributed by atoms with Gasteiger partial charge in [-0.05, 0) is 18.2 Å². The summed E-state index contributed by atoms with van der Waals surface area (Å²) in [4.78, 5) is 6.73. The van der Waals surface area contributed by atoms with Gasteiger partial charge in [0.05, 0.1) is 0 Å². The number of thioether (sulfide) groups is 1. The van der Waals surface area contributed by atoms with E-state index >= 15 is 0 Å². The van der Waals surface area contributed by atoms with E-state index in [1.807, 2.05) is 18.3 Å². The first-order chi connectivity index (χ1) is 9.15. The van der Waals surface area contributed by atoms with Crippen LogP contribution in [0.25, 0.3) is 10.8 Å². The van der Waals surface area contributed by atoms with Gasteiger partial charge >= 0.3 is 0 Å². The first kappa shape index (κ1) is 12.6. The average Bonchev–Trinajstić information content (AvgIpc) is 2.38. The molecule has 2 N–H and O–H groups in total. The maximum Gasteiger partial charge on any atom is 0.0463 e. The van der Waals surface area contributed by atoms with Crippen molar-refractivity contribution in [2.45, 2.75) is 24.3 Å². The van der Waals surface area contributed by atoms with Crippen molar-refractivity contribution in [2.75, 3.05) is 23.7 Å². The van der Waals surface area contributed by atoms with E-state index in [1.165, 1.54) is 5.69 Å². The SMILES string of the molecule is CC1CN(c2ccc(N)c3ccncc23)CC(C)S1. The fourth-order valence-corrected chi connectivity index (χ4v) is 4.17. The molecule has 1 aliphatic heterocycles. The van der Waals surface area contributed by atoms with Gasteiger partial charge in [-0.15, -0.1) is 0 Å². The maximum absolute atomic E-state index is 6.06. The topological polar surface area (TPSA) is 42.1 Å². The van der Waals surface area contributed by atoms with Crippen molar-refractivity contribution >= 4 is 33.9 Å². The minimum absolute atomic E-state index is 0.660. The van der Waals surface area contributed by atoms with Gasteiger partial charge in [0.15, 0.2) is 0 Å². The molecule has 19 heavy (non-hydrogen) atoms. The van der Waals surface area contributed by atoms with E-state index in [4.69, 9.17) is 5.73 Å². The molecule has 0 spiro atoms. The summed E-state index contributed by atoms with van der Waals surface area (Å²) >= 11 is 2.07. The Morgan fingerprint density at radius 3 is 2.63 bits per heavy atom. The fourth-order valence-electron chi connectivity index (χ4n) is 2.85. The summed E-state index contributed by atoms with van der Waals surface area (Å²) in [5.74, 6) is 0. The molecular weight excluding hydrogens is 254 g/mol. The van der Waals surface area contributed by atoms with Crippen LogP contribution in [-0.2, 0) is 0 Å². The molecule has 0 radical (unpaired) electrons. The molecule has 1 saturated heterocycles. The van der Waals surface area contributed by atoms with Crippen LogP contribution in [0.4, 0.5) is 11.4 Å². The molecule has 1 aromatic heterocycles. The molecule has 2 aromatic rings. The molecule has 0 aliphatic carbocycles. The van der Waals surface area contributed by atoms with Gasteiger partial charge in [-0.2, -0.15) is 11.8 Å². The number of rotatable bonds is 1. The van der Waals surface area contributed by atoms with Crippen LogP contribution in [0.3, 0.4) is 0 Å². The Bertz CT molecular complexity index is 589. The molecule has 100 valence electrons. The van der Waals surface area contributed by atoms with Gasteiger partial charge < -0.3 is 10.6 Å². The number of pyridine rings is 1. The van der Waals surface area contributed by atoms with Crippen LogP contribution in [0, 0.1) is 0 Å². The maximum atomic E-state index is 6.06.